The van der Waals surface area contributed by atoms with Gasteiger partial charge in [0.2, 0.25) is 0 Å². The Hall–Kier alpha value is -2.95. The summed E-state index contributed by atoms with van der Waals surface area (Å²) in [7, 11) is 0. The fourth-order valence-electron chi connectivity index (χ4n) is 3.16. The number of hydrogen-bond acceptors (Lipinski definition) is 3. The van der Waals surface area contributed by atoms with Crippen LogP contribution in [0.25, 0.3) is 0 Å². The topological polar surface area (TPSA) is 51.0 Å². The predicted octanol–water partition coefficient (Wildman–Crippen LogP) is 4.57. The number of hydrogen-bond donors (Lipinski definition) is 0. The molecule has 0 saturated heterocycles. The van der Waals surface area contributed by atoms with Crippen molar-refractivity contribution in [1.82, 2.24) is 19.7 Å². The smallest absolute Gasteiger partial charge is 0.272 e. The molecule has 2 aromatic heterocycles. The van der Waals surface area contributed by atoms with E-state index in [0.29, 0.717) is 25.3 Å². The van der Waals surface area contributed by atoms with Gasteiger partial charge < -0.3 is 4.90 Å². The maximum Gasteiger partial charge on any atom is 0.272 e. The Morgan fingerprint density at radius 3 is 2.50 bits per heavy atom. The Kier molecular flexibility index (Phi) is 6.24. The first kappa shape index (κ1) is 19.8. The van der Waals surface area contributed by atoms with Crippen molar-refractivity contribution in [3.63, 3.8) is 0 Å². The molecular formula is C23H28N4O. The van der Waals surface area contributed by atoms with E-state index in [1.165, 1.54) is 0 Å². The summed E-state index contributed by atoms with van der Waals surface area (Å²) in [5.74, 6) is 0.259. The summed E-state index contributed by atoms with van der Waals surface area (Å²) in [4.78, 5) is 19.9. The number of carbonyl (C=O) groups excluding carboxylic acids is 1. The number of carbonyl (C=O) groups is 1. The second-order valence-corrected chi connectivity index (χ2v) is 7.34. The first-order valence-corrected chi connectivity index (χ1v) is 9.81. The Bertz CT molecular complexity index is 931. The average Bonchev–Trinajstić information content (AvgIpc) is 3.14. The molecule has 0 aliphatic rings. The van der Waals surface area contributed by atoms with Gasteiger partial charge in [-0.05, 0) is 43.0 Å². The third-order valence-electron chi connectivity index (χ3n) is 4.87. The Labute approximate surface area is 167 Å². The third kappa shape index (κ3) is 4.47. The van der Waals surface area contributed by atoms with Gasteiger partial charge in [0.05, 0.1) is 17.9 Å². The summed E-state index contributed by atoms with van der Waals surface area (Å²) in [5.41, 5.74) is 4.67. The molecule has 0 fully saturated rings. The zero-order valence-electron chi connectivity index (χ0n) is 17.1. The second-order valence-electron chi connectivity index (χ2n) is 7.34. The number of amides is 1. The molecule has 0 spiro atoms. The first-order chi connectivity index (χ1) is 13.5. The lowest BCUT2D eigenvalue weighted by atomic mass is 10.1. The highest BCUT2D eigenvalue weighted by atomic mass is 16.2. The molecule has 0 bridgehead atoms. The molecule has 146 valence electrons. The third-order valence-corrected chi connectivity index (χ3v) is 4.87. The van der Waals surface area contributed by atoms with E-state index in [-0.39, 0.29) is 11.8 Å². The van der Waals surface area contributed by atoms with Crippen LogP contribution in [0.2, 0.25) is 0 Å². The number of aromatic nitrogens is 3. The quantitative estimate of drug-likeness (QED) is 0.607. The molecule has 1 aromatic carbocycles. The van der Waals surface area contributed by atoms with E-state index in [0.717, 1.165) is 22.5 Å². The van der Waals surface area contributed by atoms with E-state index >= 15 is 0 Å². The molecule has 0 radical (unpaired) electrons. The van der Waals surface area contributed by atoms with Crippen LogP contribution in [0.4, 0.5) is 0 Å². The summed E-state index contributed by atoms with van der Waals surface area (Å²) >= 11 is 0. The Balaban J connectivity index is 1.96. The number of benzene rings is 1. The summed E-state index contributed by atoms with van der Waals surface area (Å²) in [6, 6.07) is 15.9. The van der Waals surface area contributed by atoms with Crippen LogP contribution in [0.15, 0.2) is 54.7 Å². The van der Waals surface area contributed by atoms with Crippen LogP contribution in [0.1, 0.15) is 59.7 Å². The number of rotatable bonds is 7. The van der Waals surface area contributed by atoms with Crippen LogP contribution in [0.5, 0.6) is 0 Å². The van der Waals surface area contributed by atoms with E-state index in [1.807, 2.05) is 67.3 Å². The Morgan fingerprint density at radius 1 is 1.11 bits per heavy atom. The normalized spacial score (nSPS) is 11.0. The second kappa shape index (κ2) is 8.83. The minimum Gasteiger partial charge on any atom is -0.327 e. The van der Waals surface area contributed by atoms with Gasteiger partial charge in [0.15, 0.2) is 0 Å². The molecular weight excluding hydrogens is 348 g/mol. The van der Waals surface area contributed by atoms with Crippen LogP contribution >= 0.6 is 0 Å². The molecule has 2 heterocycles. The molecule has 0 atom stereocenters. The van der Waals surface area contributed by atoms with E-state index in [1.54, 1.807) is 10.9 Å². The van der Waals surface area contributed by atoms with Crippen molar-refractivity contribution in [2.24, 2.45) is 0 Å². The van der Waals surface area contributed by atoms with Crippen molar-refractivity contribution in [2.75, 3.05) is 0 Å². The van der Waals surface area contributed by atoms with Crippen molar-refractivity contribution >= 4 is 5.91 Å². The van der Waals surface area contributed by atoms with Crippen molar-refractivity contribution < 1.29 is 4.79 Å². The average molecular weight is 377 g/mol. The van der Waals surface area contributed by atoms with Gasteiger partial charge in [0.25, 0.3) is 5.91 Å². The lowest BCUT2D eigenvalue weighted by Crippen LogP contribution is -2.32. The van der Waals surface area contributed by atoms with Crippen molar-refractivity contribution in [3.8, 4) is 0 Å². The molecule has 0 unspecified atom stereocenters. The number of aryl methyl sites for hydroxylation is 2. The van der Waals surface area contributed by atoms with Crippen molar-refractivity contribution in [3.05, 3.63) is 82.9 Å². The van der Waals surface area contributed by atoms with Crippen LogP contribution in [0, 0.1) is 6.92 Å². The van der Waals surface area contributed by atoms with Crippen LogP contribution in [-0.4, -0.2) is 25.6 Å². The van der Waals surface area contributed by atoms with Gasteiger partial charge in [0, 0.05) is 19.3 Å². The molecule has 5 nitrogen and oxygen atoms in total. The van der Waals surface area contributed by atoms with Gasteiger partial charge in [0.1, 0.15) is 5.69 Å². The molecule has 0 aliphatic carbocycles. The maximum absolute atomic E-state index is 13.5. The lowest BCUT2D eigenvalue weighted by Gasteiger charge is -2.23. The maximum atomic E-state index is 13.5. The number of nitrogens with zero attached hydrogens (tertiary/aromatic N) is 4. The van der Waals surface area contributed by atoms with Gasteiger partial charge in [-0.1, -0.05) is 50.2 Å². The van der Waals surface area contributed by atoms with E-state index in [9.17, 15) is 4.79 Å². The van der Waals surface area contributed by atoms with Gasteiger partial charge in [-0.25, -0.2) is 0 Å². The van der Waals surface area contributed by atoms with E-state index < -0.39 is 0 Å². The summed E-state index contributed by atoms with van der Waals surface area (Å²) in [6.07, 6.45) is 1.78. The van der Waals surface area contributed by atoms with E-state index in [4.69, 9.17) is 0 Å². The molecule has 3 rings (SSSR count). The van der Waals surface area contributed by atoms with Crippen molar-refractivity contribution in [2.45, 2.75) is 53.2 Å². The van der Waals surface area contributed by atoms with Crippen LogP contribution in [-0.2, 0) is 19.6 Å². The standard InChI is InChI=1S/C23H28N4O/c1-5-27-22(14-20(25-27)17(2)3)23(28)26(15-19-11-7-6-8-12-19)16-21-18(4)10-9-13-24-21/h6-14,17H,5,15-16H2,1-4H3. The minimum absolute atomic E-state index is 0.0184. The zero-order valence-corrected chi connectivity index (χ0v) is 17.1. The largest absolute Gasteiger partial charge is 0.327 e. The number of pyridine rings is 1. The molecule has 1 amide bonds. The fraction of sp³-hybridized carbons (Fsp3) is 0.348. The highest BCUT2D eigenvalue weighted by molar-refractivity contribution is 5.92. The molecule has 5 heteroatoms. The zero-order chi connectivity index (χ0) is 20.1. The highest BCUT2D eigenvalue weighted by Crippen LogP contribution is 2.19. The van der Waals surface area contributed by atoms with Gasteiger partial charge in [-0.15, -0.1) is 0 Å². The van der Waals surface area contributed by atoms with Crippen LogP contribution < -0.4 is 0 Å². The molecule has 0 aliphatic heterocycles. The van der Waals surface area contributed by atoms with E-state index in [2.05, 4.69) is 23.9 Å². The fourth-order valence-corrected chi connectivity index (χ4v) is 3.16. The van der Waals surface area contributed by atoms with Crippen molar-refractivity contribution in [1.29, 1.82) is 0 Å². The SMILES string of the molecule is CCn1nc(C(C)C)cc1C(=O)N(Cc1ccccc1)Cc1ncccc1C. The summed E-state index contributed by atoms with van der Waals surface area (Å²) in [6.45, 7) is 9.88. The monoisotopic (exact) mass is 376 g/mol. The molecule has 28 heavy (non-hydrogen) atoms. The first-order valence-electron chi connectivity index (χ1n) is 9.81. The van der Waals surface area contributed by atoms with Gasteiger partial charge >= 0.3 is 0 Å². The molecule has 3 aromatic rings. The van der Waals surface area contributed by atoms with Gasteiger partial charge in [-0.3, -0.25) is 14.5 Å². The minimum atomic E-state index is -0.0184. The summed E-state index contributed by atoms with van der Waals surface area (Å²) < 4.78 is 1.81. The molecule has 0 N–H and O–H groups in total. The highest BCUT2D eigenvalue weighted by Gasteiger charge is 2.23. The molecule has 0 saturated carbocycles. The summed E-state index contributed by atoms with van der Waals surface area (Å²) in [5, 5.41) is 4.62. The predicted molar refractivity (Wildman–Crippen MR) is 111 cm³/mol. The Morgan fingerprint density at radius 2 is 1.86 bits per heavy atom. The van der Waals surface area contributed by atoms with Crippen LogP contribution in [0.3, 0.4) is 0 Å². The lowest BCUT2D eigenvalue weighted by molar-refractivity contribution is 0.0715. The van der Waals surface area contributed by atoms with Gasteiger partial charge in [-0.2, -0.15) is 5.10 Å².